The number of aromatic nitrogens is 2. The lowest BCUT2D eigenvalue weighted by molar-refractivity contribution is 0.0894. The predicted molar refractivity (Wildman–Crippen MR) is 105 cm³/mol. The minimum Gasteiger partial charge on any atom is -0.341 e. The van der Waals surface area contributed by atoms with Gasteiger partial charge in [0.05, 0.1) is 17.1 Å². The Morgan fingerprint density at radius 2 is 1.48 bits per heavy atom. The normalized spacial score (nSPS) is 25.2. The van der Waals surface area contributed by atoms with Crippen molar-refractivity contribution in [2.24, 2.45) is 0 Å². The van der Waals surface area contributed by atoms with Gasteiger partial charge in [-0.05, 0) is 44.4 Å². The summed E-state index contributed by atoms with van der Waals surface area (Å²) >= 11 is 0. The molecule has 1 aromatic carbocycles. The topological polar surface area (TPSA) is 31.9 Å². The minimum atomic E-state index is 0.483. The van der Waals surface area contributed by atoms with Crippen molar-refractivity contribution >= 4 is 11.0 Å². The number of H-pyrrole nitrogens is 1. The second kappa shape index (κ2) is 8.35. The van der Waals surface area contributed by atoms with Crippen LogP contribution in [0.5, 0.6) is 0 Å². The van der Waals surface area contributed by atoms with E-state index in [4.69, 9.17) is 4.98 Å². The van der Waals surface area contributed by atoms with Crippen LogP contribution in [-0.2, 0) is 0 Å². The average Bonchev–Trinajstić information content (AvgIpc) is 2.99. The van der Waals surface area contributed by atoms with Crippen molar-refractivity contribution in [1.29, 1.82) is 0 Å². The van der Waals surface area contributed by atoms with Crippen LogP contribution in [0, 0.1) is 0 Å². The third-order valence-corrected chi connectivity index (χ3v) is 6.31. The van der Waals surface area contributed by atoms with Crippen LogP contribution >= 0.6 is 0 Å². The number of likely N-dealkylation sites (tertiary alicyclic amines) is 1. The van der Waals surface area contributed by atoms with E-state index in [1.165, 1.54) is 94.9 Å². The fraction of sp³-hybridized carbons (Fsp3) is 0.682. The van der Waals surface area contributed by atoms with Gasteiger partial charge in [-0.1, -0.05) is 63.5 Å². The van der Waals surface area contributed by atoms with Gasteiger partial charge in [0, 0.05) is 6.04 Å². The van der Waals surface area contributed by atoms with Crippen LogP contribution in [0.1, 0.15) is 88.9 Å². The summed E-state index contributed by atoms with van der Waals surface area (Å²) in [5.74, 6) is 1.21. The molecule has 0 radical (unpaired) electrons. The Morgan fingerprint density at radius 1 is 0.800 bits per heavy atom. The Bertz CT molecular complexity index is 621. The van der Waals surface area contributed by atoms with Crippen molar-refractivity contribution in [2.45, 2.75) is 89.1 Å². The van der Waals surface area contributed by atoms with Gasteiger partial charge in [-0.15, -0.1) is 0 Å². The molecule has 0 amide bonds. The van der Waals surface area contributed by atoms with Crippen LogP contribution in [0.15, 0.2) is 24.3 Å². The highest BCUT2D eigenvalue weighted by Gasteiger charge is 2.30. The molecule has 1 unspecified atom stereocenters. The summed E-state index contributed by atoms with van der Waals surface area (Å²) in [7, 11) is 0. The minimum absolute atomic E-state index is 0.483. The highest BCUT2D eigenvalue weighted by atomic mass is 15.2. The fourth-order valence-corrected chi connectivity index (χ4v) is 4.93. The first-order chi connectivity index (χ1) is 12.4. The molecule has 1 N–H and O–H groups in total. The molecular weight excluding hydrogens is 306 g/mol. The molecule has 0 bridgehead atoms. The smallest absolute Gasteiger partial charge is 0.124 e. The van der Waals surface area contributed by atoms with Gasteiger partial charge in [-0.3, -0.25) is 4.90 Å². The average molecular weight is 340 g/mol. The zero-order valence-electron chi connectivity index (χ0n) is 15.6. The van der Waals surface area contributed by atoms with E-state index >= 15 is 0 Å². The molecule has 1 saturated heterocycles. The molecular formula is C22H33N3. The van der Waals surface area contributed by atoms with E-state index in [0.717, 1.165) is 11.6 Å². The summed E-state index contributed by atoms with van der Waals surface area (Å²) in [6.07, 6.45) is 16.6. The maximum atomic E-state index is 5.00. The van der Waals surface area contributed by atoms with E-state index in [9.17, 15) is 0 Å². The SMILES string of the molecule is c1ccc2[nH]c(C3CCCCCCN3C3CCCCCCC3)nc2c1. The molecule has 136 valence electrons. The van der Waals surface area contributed by atoms with E-state index in [-0.39, 0.29) is 0 Å². The van der Waals surface area contributed by atoms with Crippen LogP contribution in [0.3, 0.4) is 0 Å². The molecule has 2 fully saturated rings. The number of nitrogens with zero attached hydrogens (tertiary/aromatic N) is 2. The first-order valence-electron chi connectivity index (χ1n) is 10.6. The zero-order chi connectivity index (χ0) is 16.9. The first kappa shape index (κ1) is 17.1. The Labute approximate surface area is 152 Å². The number of nitrogens with one attached hydrogen (secondary N) is 1. The number of hydrogen-bond acceptors (Lipinski definition) is 2. The molecule has 1 atom stereocenters. The quantitative estimate of drug-likeness (QED) is 0.729. The maximum Gasteiger partial charge on any atom is 0.124 e. The maximum absolute atomic E-state index is 5.00. The van der Waals surface area contributed by atoms with Gasteiger partial charge in [0.25, 0.3) is 0 Å². The van der Waals surface area contributed by atoms with Crippen molar-refractivity contribution < 1.29 is 0 Å². The standard InChI is InChI=1S/C22H33N3/c1-2-6-12-18(13-7-3-1)25-17-11-5-4-8-16-21(25)22-23-19-14-9-10-15-20(19)24-22/h9-10,14-15,18,21H,1-8,11-13,16-17H2,(H,23,24). The summed E-state index contributed by atoms with van der Waals surface area (Å²) in [6, 6.07) is 9.74. The predicted octanol–water partition coefficient (Wildman–Crippen LogP) is 5.98. The third-order valence-electron chi connectivity index (χ3n) is 6.31. The number of hydrogen-bond donors (Lipinski definition) is 1. The zero-order valence-corrected chi connectivity index (χ0v) is 15.6. The number of fused-ring (bicyclic) bond motifs is 1. The molecule has 25 heavy (non-hydrogen) atoms. The van der Waals surface area contributed by atoms with Gasteiger partial charge in [-0.25, -0.2) is 4.98 Å². The molecule has 2 aliphatic rings. The lowest BCUT2D eigenvalue weighted by Gasteiger charge is -2.39. The van der Waals surface area contributed by atoms with E-state index in [1.54, 1.807) is 0 Å². The van der Waals surface area contributed by atoms with E-state index in [0.29, 0.717) is 6.04 Å². The van der Waals surface area contributed by atoms with E-state index in [2.05, 4.69) is 34.1 Å². The molecule has 3 nitrogen and oxygen atoms in total. The van der Waals surface area contributed by atoms with Gasteiger partial charge >= 0.3 is 0 Å². The largest absolute Gasteiger partial charge is 0.341 e. The Morgan fingerprint density at radius 3 is 2.28 bits per heavy atom. The highest BCUT2D eigenvalue weighted by molar-refractivity contribution is 5.74. The second-order valence-corrected chi connectivity index (χ2v) is 8.09. The summed E-state index contributed by atoms with van der Waals surface area (Å²) in [5.41, 5.74) is 2.31. The monoisotopic (exact) mass is 339 g/mol. The molecule has 1 aliphatic carbocycles. The Hall–Kier alpha value is -1.35. The van der Waals surface area contributed by atoms with Crippen molar-refractivity contribution in [3.63, 3.8) is 0 Å². The molecule has 1 aromatic heterocycles. The first-order valence-corrected chi connectivity index (χ1v) is 10.6. The van der Waals surface area contributed by atoms with Crippen molar-refractivity contribution in [3.05, 3.63) is 30.1 Å². The van der Waals surface area contributed by atoms with Crippen LogP contribution in [0.2, 0.25) is 0 Å². The molecule has 0 spiro atoms. The van der Waals surface area contributed by atoms with Gasteiger partial charge in [0.1, 0.15) is 5.82 Å². The number of aromatic amines is 1. The van der Waals surface area contributed by atoms with Gasteiger partial charge < -0.3 is 4.98 Å². The molecule has 4 rings (SSSR count). The van der Waals surface area contributed by atoms with Crippen LogP contribution in [-0.4, -0.2) is 27.5 Å². The van der Waals surface area contributed by atoms with Crippen molar-refractivity contribution in [2.75, 3.05) is 6.54 Å². The van der Waals surface area contributed by atoms with E-state index in [1.807, 2.05) is 0 Å². The van der Waals surface area contributed by atoms with E-state index < -0.39 is 0 Å². The molecule has 3 heteroatoms. The Kier molecular flexibility index (Phi) is 5.71. The summed E-state index contributed by atoms with van der Waals surface area (Å²) in [4.78, 5) is 11.5. The third kappa shape index (κ3) is 4.08. The second-order valence-electron chi connectivity index (χ2n) is 8.09. The Balaban J connectivity index is 1.61. The summed E-state index contributed by atoms with van der Waals surface area (Å²) < 4.78 is 0. The summed E-state index contributed by atoms with van der Waals surface area (Å²) in [5, 5.41) is 0. The lowest BCUT2D eigenvalue weighted by atomic mass is 9.92. The van der Waals surface area contributed by atoms with Crippen LogP contribution < -0.4 is 0 Å². The van der Waals surface area contributed by atoms with Crippen molar-refractivity contribution in [3.8, 4) is 0 Å². The van der Waals surface area contributed by atoms with Crippen LogP contribution in [0.25, 0.3) is 11.0 Å². The lowest BCUT2D eigenvalue weighted by Crippen LogP contribution is -2.40. The van der Waals surface area contributed by atoms with Crippen LogP contribution in [0.4, 0.5) is 0 Å². The highest BCUT2D eigenvalue weighted by Crippen LogP contribution is 2.34. The number of imidazole rings is 1. The fourth-order valence-electron chi connectivity index (χ4n) is 4.93. The number of benzene rings is 1. The van der Waals surface area contributed by atoms with Gasteiger partial charge in [0.15, 0.2) is 0 Å². The van der Waals surface area contributed by atoms with Gasteiger partial charge in [-0.2, -0.15) is 0 Å². The molecule has 1 saturated carbocycles. The number of para-hydroxylation sites is 2. The summed E-state index contributed by atoms with van der Waals surface area (Å²) in [6.45, 7) is 1.26. The van der Waals surface area contributed by atoms with Crippen molar-refractivity contribution in [1.82, 2.24) is 14.9 Å². The van der Waals surface area contributed by atoms with Gasteiger partial charge in [0.2, 0.25) is 0 Å². The molecule has 2 aromatic rings. The number of rotatable bonds is 2. The molecule has 2 heterocycles. The molecule has 1 aliphatic heterocycles.